The normalized spacial score (nSPS) is 22.1. The SMILES string of the molecule is Clc1ccccc1C[C@@H]1CCNC1. The second kappa shape index (κ2) is 4.12. The van der Waals surface area contributed by atoms with Crippen molar-refractivity contribution in [3.05, 3.63) is 34.9 Å². The van der Waals surface area contributed by atoms with E-state index in [2.05, 4.69) is 17.4 Å². The van der Waals surface area contributed by atoms with Gasteiger partial charge in [-0.1, -0.05) is 29.8 Å². The third kappa shape index (κ3) is 2.23. The van der Waals surface area contributed by atoms with Crippen LogP contribution in [0.25, 0.3) is 0 Å². The van der Waals surface area contributed by atoms with Crippen molar-refractivity contribution in [3.63, 3.8) is 0 Å². The van der Waals surface area contributed by atoms with E-state index in [1.165, 1.54) is 12.0 Å². The highest BCUT2D eigenvalue weighted by Crippen LogP contribution is 2.21. The zero-order valence-corrected chi connectivity index (χ0v) is 8.35. The maximum absolute atomic E-state index is 6.08. The molecule has 1 aliphatic heterocycles. The molecule has 1 aromatic carbocycles. The summed E-state index contributed by atoms with van der Waals surface area (Å²) in [6.45, 7) is 2.31. The first-order valence-electron chi connectivity index (χ1n) is 4.80. The third-order valence-corrected chi connectivity index (χ3v) is 3.00. The highest BCUT2D eigenvalue weighted by atomic mass is 35.5. The van der Waals surface area contributed by atoms with Gasteiger partial charge in [-0.25, -0.2) is 0 Å². The molecule has 1 nitrogen and oxygen atoms in total. The van der Waals surface area contributed by atoms with E-state index >= 15 is 0 Å². The van der Waals surface area contributed by atoms with Gasteiger partial charge in [0.25, 0.3) is 0 Å². The lowest BCUT2D eigenvalue weighted by Crippen LogP contribution is -2.10. The number of nitrogens with one attached hydrogen (secondary N) is 1. The van der Waals surface area contributed by atoms with Crippen LogP contribution in [0.3, 0.4) is 0 Å². The summed E-state index contributed by atoms with van der Waals surface area (Å²) < 4.78 is 0. The Morgan fingerprint density at radius 1 is 1.38 bits per heavy atom. The van der Waals surface area contributed by atoms with Crippen LogP contribution >= 0.6 is 11.6 Å². The lowest BCUT2D eigenvalue weighted by Gasteiger charge is -2.09. The molecule has 1 atom stereocenters. The molecule has 0 aliphatic carbocycles. The highest BCUT2D eigenvalue weighted by molar-refractivity contribution is 6.31. The molecule has 1 saturated heterocycles. The van der Waals surface area contributed by atoms with E-state index in [1.807, 2.05) is 12.1 Å². The average Bonchev–Trinajstić information content (AvgIpc) is 2.61. The number of halogens is 1. The molecule has 2 heteroatoms. The lowest BCUT2D eigenvalue weighted by molar-refractivity contribution is 0.580. The maximum atomic E-state index is 6.08. The zero-order valence-electron chi connectivity index (χ0n) is 7.59. The van der Waals surface area contributed by atoms with E-state index in [1.54, 1.807) is 0 Å². The van der Waals surface area contributed by atoms with E-state index in [9.17, 15) is 0 Å². The van der Waals surface area contributed by atoms with Crippen LogP contribution in [0.4, 0.5) is 0 Å². The predicted molar refractivity (Wildman–Crippen MR) is 56.1 cm³/mol. The molecule has 2 rings (SSSR count). The van der Waals surface area contributed by atoms with Crippen molar-refractivity contribution in [2.75, 3.05) is 13.1 Å². The van der Waals surface area contributed by atoms with Crippen molar-refractivity contribution in [1.82, 2.24) is 5.32 Å². The standard InChI is InChI=1S/C11H14ClN/c12-11-4-2-1-3-10(11)7-9-5-6-13-8-9/h1-4,9,13H,5-8H2/t9-/m0/s1. The molecule has 0 bridgehead atoms. The number of hydrogen-bond donors (Lipinski definition) is 1. The van der Waals surface area contributed by atoms with Gasteiger partial charge in [0.1, 0.15) is 0 Å². The summed E-state index contributed by atoms with van der Waals surface area (Å²) in [7, 11) is 0. The topological polar surface area (TPSA) is 12.0 Å². The Morgan fingerprint density at radius 3 is 2.92 bits per heavy atom. The number of hydrogen-bond acceptors (Lipinski definition) is 1. The first kappa shape index (κ1) is 9.04. The fourth-order valence-corrected chi connectivity index (χ4v) is 2.08. The van der Waals surface area contributed by atoms with E-state index < -0.39 is 0 Å². The van der Waals surface area contributed by atoms with Gasteiger partial charge in [0.05, 0.1) is 0 Å². The second-order valence-corrected chi connectivity index (χ2v) is 4.06. The molecule has 0 amide bonds. The van der Waals surface area contributed by atoms with Gasteiger partial charge in [-0.05, 0) is 43.5 Å². The Morgan fingerprint density at radius 2 is 2.23 bits per heavy atom. The summed E-state index contributed by atoms with van der Waals surface area (Å²) in [6.07, 6.45) is 2.40. The van der Waals surface area contributed by atoms with Crippen LogP contribution in [0.5, 0.6) is 0 Å². The molecule has 0 unspecified atom stereocenters. The Labute approximate surface area is 84.1 Å². The molecular weight excluding hydrogens is 182 g/mol. The third-order valence-electron chi connectivity index (χ3n) is 2.63. The minimum atomic E-state index is 0.778. The summed E-state index contributed by atoms with van der Waals surface area (Å²) >= 11 is 6.08. The second-order valence-electron chi connectivity index (χ2n) is 3.65. The van der Waals surface area contributed by atoms with Crippen molar-refractivity contribution < 1.29 is 0 Å². The van der Waals surface area contributed by atoms with Crippen molar-refractivity contribution in [1.29, 1.82) is 0 Å². The molecule has 0 spiro atoms. The summed E-state index contributed by atoms with van der Waals surface area (Å²) in [5, 5.41) is 4.28. The minimum Gasteiger partial charge on any atom is -0.316 e. The molecule has 1 aromatic rings. The molecule has 0 radical (unpaired) electrons. The largest absolute Gasteiger partial charge is 0.316 e. The van der Waals surface area contributed by atoms with Gasteiger partial charge in [-0.2, -0.15) is 0 Å². The highest BCUT2D eigenvalue weighted by Gasteiger charge is 2.15. The summed E-state index contributed by atoms with van der Waals surface area (Å²) in [6, 6.07) is 8.14. The quantitative estimate of drug-likeness (QED) is 0.765. The van der Waals surface area contributed by atoms with Crippen LogP contribution in [-0.4, -0.2) is 13.1 Å². The molecule has 13 heavy (non-hydrogen) atoms. The van der Waals surface area contributed by atoms with Crippen LogP contribution < -0.4 is 5.32 Å². The van der Waals surface area contributed by atoms with E-state index in [4.69, 9.17) is 11.6 Å². The Kier molecular flexibility index (Phi) is 2.87. The van der Waals surface area contributed by atoms with Crippen molar-refractivity contribution in [2.24, 2.45) is 5.92 Å². The molecule has 1 heterocycles. The molecular formula is C11H14ClN. The number of rotatable bonds is 2. The Bertz CT molecular complexity index is 279. The van der Waals surface area contributed by atoms with Crippen LogP contribution in [0.2, 0.25) is 5.02 Å². The maximum Gasteiger partial charge on any atom is 0.0438 e. The van der Waals surface area contributed by atoms with Gasteiger partial charge in [0, 0.05) is 5.02 Å². The zero-order chi connectivity index (χ0) is 9.10. The summed E-state index contributed by atoms with van der Waals surface area (Å²) in [5.41, 5.74) is 1.29. The summed E-state index contributed by atoms with van der Waals surface area (Å²) in [4.78, 5) is 0. The van der Waals surface area contributed by atoms with Crippen LogP contribution in [0.1, 0.15) is 12.0 Å². The van der Waals surface area contributed by atoms with Crippen molar-refractivity contribution in [2.45, 2.75) is 12.8 Å². The van der Waals surface area contributed by atoms with E-state index in [0.717, 1.165) is 30.5 Å². The van der Waals surface area contributed by atoms with Crippen molar-refractivity contribution >= 4 is 11.6 Å². The fourth-order valence-electron chi connectivity index (χ4n) is 1.86. The molecule has 1 aliphatic rings. The Hall–Kier alpha value is -0.530. The predicted octanol–water partition coefficient (Wildman–Crippen LogP) is 2.49. The van der Waals surface area contributed by atoms with Gasteiger partial charge in [-0.15, -0.1) is 0 Å². The van der Waals surface area contributed by atoms with Gasteiger partial charge in [0.2, 0.25) is 0 Å². The lowest BCUT2D eigenvalue weighted by atomic mass is 9.99. The van der Waals surface area contributed by atoms with Gasteiger partial charge < -0.3 is 5.32 Å². The summed E-state index contributed by atoms with van der Waals surface area (Å²) in [5.74, 6) is 0.778. The smallest absolute Gasteiger partial charge is 0.0438 e. The van der Waals surface area contributed by atoms with Crippen molar-refractivity contribution in [3.8, 4) is 0 Å². The fraction of sp³-hybridized carbons (Fsp3) is 0.455. The minimum absolute atomic E-state index is 0.778. The van der Waals surface area contributed by atoms with Gasteiger partial charge in [0.15, 0.2) is 0 Å². The Balaban J connectivity index is 2.04. The molecule has 0 aromatic heterocycles. The van der Waals surface area contributed by atoms with Gasteiger partial charge >= 0.3 is 0 Å². The molecule has 1 N–H and O–H groups in total. The monoisotopic (exact) mass is 195 g/mol. The average molecular weight is 196 g/mol. The van der Waals surface area contributed by atoms with E-state index in [0.29, 0.717) is 0 Å². The first-order valence-corrected chi connectivity index (χ1v) is 5.18. The van der Waals surface area contributed by atoms with E-state index in [-0.39, 0.29) is 0 Å². The first-order chi connectivity index (χ1) is 6.36. The van der Waals surface area contributed by atoms with Crippen LogP contribution in [-0.2, 0) is 6.42 Å². The van der Waals surface area contributed by atoms with Crippen LogP contribution in [0.15, 0.2) is 24.3 Å². The molecule has 70 valence electrons. The van der Waals surface area contributed by atoms with Crippen LogP contribution in [0, 0.1) is 5.92 Å². The number of benzene rings is 1. The molecule has 1 fully saturated rings. The molecule has 0 saturated carbocycles. The van der Waals surface area contributed by atoms with Gasteiger partial charge in [-0.3, -0.25) is 0 Å².